The maximum Gasteiger partial charge on any atom is 0.277 e. The van der Waals surface area contributed by atoms with E-state index in [1.165, 1.54) is 12.8 Å². The summed E-state index contributed by atoms with van der Waals surface area (Å²) >= 11 is 0. The zero-order valence-electron chi connectivity index (χ0n) is 19.9. The molecule has 34 heavy (non-hydrogen) atoms. The van der Waals surface area contributed by atoms with Crippen LogP contribution in [0.15, 0.2) is 10.9 Å². The monoisotopic (exact) mass is 465 g/mol. The number of likely N-dealkylation sites (tertiary alicyclic amines) is 1. The van der Waals surface area contributed by atoms with Crippen LogP contribution in [0.2, 0.25) is 0 Å². The molecule has 8 nitrogen and oxygen atoms in total. The SMILES string of the molecule is O=C(C1CCCC1)N1CCc2nc3cc(C4CCCN(C(=O)C5CCCC5)C4)[nH]n3c(=O)c2C1. The van der Waals surface area contributed by atoms with Gasteiger partial charge in [-0.05, 0) is 38.5 Å². The molecular weight excluding hydrogens is 430 g/mol. The second-order valence-corrected chi connectivity index (χ2v) is 10.8. The summed E-state index contributed by atoms with van der Waals surface area (Å²) in [6, 6.07) is 1.99. The van der Waals surface area contributed by atoms with Gasteiger partial charge in [0.2, 0.25) is 11.8 Å². The lowest BCUT2D eigenvalue weighted by Crippen LogP contribution is -2.42. The van der Waals surface area contributed by atoms with Crippen LogP contribution in [0.5, 0.6) is 0 Å². The number of hydrogen-bond donors (Lipinski definition) is 1. The molecule has 0 aromatic carbocycles. The lowest BCUT2D eigenvalue weighted by molar-refractivity contribution is -0.137. The molecular formula is C26H35N5O3. The molecule has 0 bridgehead atoms. The highest BCUT2D eigenvalue weighted by Crippen LogP contribution is 2.32. The molecule has 0 spiro atoms. The van der Waals surface area contributed by atoms with E-state index in [-0.39, 0.29) is 29.2 Å². The molecule has 6 rings (SSSR count). The fourth-order valence-electron chi connectivity index (χ4n) is 6.69. The molecule has 2 aliphatic carbocycles. The second-order valence-electron chi connectivity index (χ2n) is 10.8. The van der Waals surface area contributed by atoms with Crippen molar-refractivity contribution in [2.75, 3.05) is 19.6 Å². The van der Waals surface area contributed by atoms with Crippen LogP contribution in [0, 0.1) is 11.8 Å². The molecule has 182 valence electrons. The van der Waals surface area contributed by atoms with Gasteiger partial charge < -0.3 is 9.80 Å². The summed E-state index contributed by atoms with van der Waals surface area (Å²) in [6.45, 7) is 2.55. The van der Waals surface area contributed by atoms with E-state index in [0.717, 1.165) is 69.3 Å². The number of amides is 2. The van der Waals surface area contributed by atoms with E-state index in [0.29, 0.717) is 43.2 Å². The molecule has 4 aliphatic rings. The fourth-order valence-corrected chi connectivity index (χ4v) is 6.69. The molecule has 2 aliphatic heterocycles. The van der Waals surface area contributed by atoms with E-state index in [9.17, 15) is 14.4 Å². The van der Waals surface area contributed by atoms with Crippen LogP contribution >= 0.6 is 0 Å². The summed E-state index contributed by atoms with van der Waals surface area (Å²) in [4.78, 5) is 48.0. The summed E-state index contributed by atoms with van der Waals surface area (Å²) in [5.74, 6) is 1.04. The third-order valence-corrected chi connectivity index (χ3v) is 8.67. The lowest BCUT2D eigenvalue weighted by Gasteiger charge is -2.34. The Morgan fingerprint density at radius 3 is 2.26 bits per heavy atom. The predicted molar refractivity (Wildman–Crippen MR) is 127 cm³/mol. The van der Waals surface area contributed by atoms with Gasteiger partial charge in [-0.25, -0.2) is 9.50 Å². The quantitative estimate of drug-likeness (QED) is 0.755. The number of aromatic amines is 1. The van der Waals surface area contributed by atoms with Gasteiger partial charge in [0.1, 0.15) is 0 Å². The normalized spacial score (nSPS) is 24.2. The van der Waals surface area contributed by atoms with Crippen molar-refractivity contribution in [2.24, 2.45) is 11.8 Å². The Hall–Kier alpha value is -2.64. The first-order valence-corrected chi connectivity index (χ1v) is 13.3. The molecule has 2 amide bonds. The van der Waals surface area contributed by atoms with Crippen LogP contribution in [0.25, 0.3) is 5.65 Å². The summed E-state index contributed by atoms with van der Waals surface area (Å²) in [5, 5.41) is 3.31. The maximum absolute atomic E-state index is 13.4. The van der Waals surface area contributed by atoms with Crippen molar-refractivity contribution in [2.45, 2.75) is 83.1 Å². The van der Waals surface area contributed by atoms with E-state index in [1.807, 2.05) is 15.9 Å². The van der Waals surface area contributed by atoms with Crippen LogP contribution in [0.3, 0.4) is 0 Å². The largest absolute Gasteiger partial charge is 0.342 e. The molecule has 2 aromatic heterocycles. The Morgan fingerprint density at radius 2 is 1.56 bits per heavy atom. The van der Waals surface area contributed by atoms with Gasteiger partial charge in [0.05, 0.1) is 17.8 Å². The minimum Gasteiger partial charge on any atom is -0.342 e. The summed E-state index contributed by atoms with van der Waals surface area (Å²) in [7, 11) is 0. The molecule has 0 radical (unpaired) electrons. The Labute approximate surface area is 199 Å². The number of nitrogens with zero attached hydrogens (tertiary/aromatic N) is 4. The number of fused-ring (bicyclic) bond motifs is 2. The molecule has 4 heterocycles. The zero-order chi connectivity index (χ0) is 23.2. The first kappa shape index (κ1) is 21.9. The van der Waals surface area contributed by atoms with Gasteiger partial charge in [-0.1, -0.05) is 25.7 Å². The number of carbonyl (C=O) groups excluding carboxylic acids is 2. The molecule has 2 saturated carbocycles. The molecule has 1 unspecified atom stereocenters. The van der Waals surface area contributed by atoms with Gasteiger partial charge in [-0.15, -0.1) is 0 Å². The topological polar surface area (TPSA) is 90.8 Å². The Morgan fingerprint density at radius 1 is 0.882 bits per heavy atom. The Kier molecular flexibility index (Phi) is 5.70. The van der Waals surface area contributed by atoms with Crippen molar-refractivity contribution in [1.29, 1.82) is 0 Å². The minimum absolute atomic E-state index is 0.0927. The third kappa shape index (κ3) is 3.85. The number of H-pyrrole nitrogens is 1. The zero-order valence-corrected chi connectivity index (χ0v) is 19.9. The summed E-state index contributed by atoms with van der Waals surface area (Å²) < 4.78 is 1.55. The molecule has 1 saturated heterocycles. The Balaban J connectivity index is 1.23. The van der Waals surface area contributed by atoms with Crippen molar-refractivity contribution in [1.82, 2.24) is 24.4 Å². The van der Waals surface area contributed by atoms with Crippen molar-refractivity contribution >= 4 is 17.5 Å². The number of nitrogens with one attached hydrogen (secondary N) is 1. The molecule has 3 fully saturated rings. The van der Waals surface area contributed by atoms with Crippen molar-refractivity contribution in [3.8, 4) is 0 Å². The van der Waals surface area contributed by atoms with Gasteiger partial charge in [0, 0.05) is 55.6 Å². The number of rotatable bonds is 3. The van der Waals surface area contributed by atoms with Crippen LogP contribution in [0.4, 0.5) is 0 Å². The van der Waals surface area contributed by atoms with Crippen LogP contribution in [-0.4, -0.2) is 55.8 Å². The van der Waals surface area contributed by atoms with Crippen molar-refractivity contribution in [3.63, 3.8) is 0 Å². The predicted octanol–water partition coefficient (Wildman–Crippen LogP) is 2.99. The van der Waals surface area contributed by atoms with Gasteiger partial charge in [-0.3, -0.25) is 19.5 Å². The highest BCUT2D eigenvalue weighted by atomic mass is 16.2. The highest BCUT2D eigenvalue weighted by Gasteiger charge is 2.33. The highest BCUT2D eigenvalue weighted by molar-refractivity contribution is 5.80. The van der Waals surface area contributed by atoms with Crippen molar-refractivity contribution < 1.29 is 9.59 Å². The van der Waals surface area contributed by atoms with Crippen LogP contribution in [-0.2, 0) is 22.6 Å². The average Bonchev–Trinajstić information content (AvgIpc) is 3.65. The lowest BCUT2D eigenvalue weighted by atomic mass is 9.93. The molecule has 8 heteroatoms. The average molecular weight is 466 g/mol. The summed E-state index contributed by atoms with van der Waals surface area (Å²) in [5.41, 5.74) is 3.01. The van der Waals surface area contributed by atoms with Gasteiger partial charge in [0.15, 0.2) is 5.65 Å². The van der Waals surface area contributed by atoms with E-state index < -0.39 is 0 Å². The first-order valence-electron chi connectivity index (χ1n) is 13.3. The van der Waals surface area contributed by atoms with Gasteiger partial charge >= 0.3 is 0 Å². The smallest absolute Gasteiger partial charge is 0.277 e. The Bertz CT molecular complexity index is 1160. The first-order chi connectivity index (χ1) is 16.6. The number of piperidine rings is 1. The number of carbonyl (C=O) groups is 2. The fraction of sp³-hybridized carbons (Fsp3) is 0.692. The minimum atomic E-state index is -0.0927. The molecule has 2 aromatic rings. The van der Waals surface area contributed by atoms with Gasteiger partial charge in [-0.2, -0.15) is 0 Å². The van der Waals surface area contributed by atoms with E-state index in [1.54, 1.807) is 4.52 Å². The third-order valence-electron chi connectivity index (χ3n) is 8.67. The van der Waals surface area contributed by atoms with E-state index >= 15 is 0 Å². The number of hydrogen-bond acceptors (Lipinski definition) is 4. The van der Waals surface area contributed by atoms with E-state index in [2.05, 4.69) is 5.10 Å². The maximum atomic E-state index is 13.4. The molecule has 1 atom stereocenters. The van der Waals surface area contributed by atoms with Crippen LogP contribution < -0.4 is 5.56 Å². The number of aromatic nitrogens is 3. The van der Waals surface area contributed by atoms with Crippen LogP contribution in [0.1, 0.15) is 87.1 Å². The standard InChI is InChI=1S/C26H35N5O3/c32-24(17-6-1-2-7-17)29-12-5-10-19(15-29)22-14-23-27-21-11-13-30(25(33)18-8-3-4-9-18)16-20(21)26(34)31(23)28-22/h14,17-19,28H,1-13,15-16H2. The molecule has 1 N–H and O–H groups in total. The van der Waals surface area contributed by atoms with Gasteiger partial charge in [0.25, 0.3) is 5.56 Å². The summed E-state index contributed by atoms with van der Waals surface area (Å²) in [6.07, 6.45) is 11.2. The van der Waals surface area contributed by atoms with Crippen molar-refractivity contribution in [3.05, 3.63) is 33.4 Å². The second kappa shape index (κ2) is 8.86. The van der Waals surface area contributed by atoms with E-state index in [4.69, 9.17) is 4.98 Å².